The van der Waals surface area contributed by atoms with Crippen LogP contribution in [0.15, 0.2) is 66.9 Å². The first-order valence-electron chi connectivity index (χ1n) is 8.72. The van der Waals surface area contributed by atoms with Crippen molar-refractivity contribution in [2.75, 3.05) is 5.32 Å². The van der Waals surface area contributed by atoms with Crippen molar-refractivity contribution >= 4 is 40.2 Å². The number of amides is 1. The molecular formula is C21H17N3O5. The minimum atomic E-state index is -1.14. The first-order valence-corrected chi connectivity index (χ1v) is 8.72. The van der Waals surface area contributed by atoms with Crippen molar-refractivity contribution in [1.82, 2.24) is 4.98 Å². The van der Waals surface area contributed by atoms with Gasteiger partial charge in [0, 0.05) is 29.3 Å². The van der Waals surface area contributed by atoms with Gasteiger partial charge in [0.05, 0.1) is 10.4 Å². The number of aromatic nitrogens is 1. The summed E-state index contributed by atoms with van der Waals surface area (Å²) >= 11 is 0. The van der Waals surface area contributed by atoms with Crippen LogP contribution < -0.4 is 5.32 Å². The molecule has 0 saturated carbocycles. The zero-order chi connectivity index (χ0) is 20.8. The lowest BCUT2D eigenvalue weighted by Gasteiger charge is -2.12. The smallest absolute Gasteiger partial charge is 0.331 e. The fourth-order valence-corrected chi connectivity index (χ4v) is 2.66. The Bertz CT molecular complexity index is 1100. The highest BCUT2D eigenvalue weighted by Crippen LogP contribution is 2.23. The molecule has 146 valence electrons. The second-order valence-electron chi connectivity index (χ2n) is 6.10. The molecule has 0 aliphatic rings. The SMILES string of the molecule is CC(OC(=O)/C=C/c1cccc2cccnc12)C(=O)Nc1ccccc1[N+](=O)[O-]. The molecule has 0 saturated heterocycles. The molecular weight excluding hydrogens is 374 g/mol. The Morgan fingerprint density at radius 3 is 2.69 bits per heavy atom. The number of nitro benzene ring substituents is 1. The average molecular weight is 391 g/mol. The first-order chi connectivity index (χ1) is 14.0. The van der Waals surface area contributed by atoms with E-state index in [9.17, 15) is 19.7 Å². The number of benzene rings is 2. The van der Waals surface area contributed by atoms with Gasteiger partial charge in [0.1, 0.15) is 5.69 Å². The molecule has 3 rings (SSSR count). The van der Waals surface area contributed by atoms with Crippen molar-refractivity contribution in [2.24, 2.45) is 0 Å². The maximum absolute atomic E-state index is 12.2. The summed E-state index contributed by atoms with van der Waals surface area (Å²) in [6.07, 6.45) is 3.29. The monoisotopic (exact) mass is 391 g/mol. The van der Waals surface area contributed by atoms with Crippen molar-refractivity contribution < 1.29 is 19.2 Å². The summed E-state index contributed by atoms with van der Waals surface area (Å²) in [6, 6.07) is 15.0. The molecule has 0 bridgehead atoms. The number of hydrogen-bond donors (Lipinski definition) is 1. The lowest BCUT2D eigenvalue weighted by atomic mass is 10.1. The van der Waals surface area contributed by atoms with Crippen LogP contribution in [0.4, 0.5) is 11.4 Å². The molecule has 1 atom stereocenters. The van der Waals surface area contributed by atoms with Crippen molar-refractivity contribution in [3.63, 3.8) is 0 Å². The van der Waals surface area contributed by atoms with E-state index in [0.717, 1.165) is 16.5 Å². The Morgan fingerprint density at radius 2 is 1.90 bits per heavy atom. The van der Waals surface area contributed by atoms with Crippen molar-refractivity contribution in [3.05, 3.63) is 82.5 Å². The van der Waals surface area contributed by atoms with Crippen LogP contribution in [0, 0.1) is 10.1 Å². The number of esters is 1. The topological polar surface area (TPSA) is 111 Å². The van der Waals surface area contributed by atoms with E-state index in [1.54, 1.807) is 18.3 Å². The fourth-order valence-electron chi connectivity index (χ4n) is 2.66. The third kappa shape index (κ3) is 4.81. The van der Waals surface area contributed by atoms with Gasteiger partial charge in [-0.2, -0.15) is 0 Å². The van der Waals surface area contributed by atoms with Gasteiger partial charge in [-0.05, 0) is 25.1 Å². The molecule has 8 nitrogen and oxygen atoms in total. The van der Waals surface area contributed by atoms with E-state index in [1.807, 2.05) is 30.3 Å². The van der Waals surface area contributed by atoms with Crippen LogP contribution in [0.1, 0.15) is 12.5 Å². The predicted octanol–water partition coefficient (Wildman–Crippen LogP) is 3.73. The Labute approximate surface area is 166 Å². The number of anilines is 1. The molecule has 8 heteroatoms. The van der Waals surface area contributed by atoms with E-state index < -0.39 is 22.9 Å². The minimum absolute atomic E-state index is 0.0303. The number of carbonyl (C=O) groups is 2. The zero-order valence-corrected chi connectivity index (χ0v) is 15.4. The standard InChI is InChI=1S/C21H17N3O5/c1-14(21(26)23-17-9-2-3-10-18(17)24(27)28)29-19(25)12-11-16-7-4-6-15-8-5-13-22-20(15)16/h2-14H,1H3,(H,23,26)/b12-11+. The van der Waals surface area contributed by atoms with Crippen LogP contribution in [-0.4, -0.2) is 27.9 Å². The number of nitrogens with zero attached hydrogens (tertiary/aromatic N) is 2. The molecule has 2 aromatic carbocycles. The quantitative estimate of drug-likeness (QED) is 0.297. The number of nitrogens with one attached hydrogen (secondary N) is 1. The highest BCUT2D eigenvalue weighted by Gasteiger charge is 2.20. The number of nitro groups is 1. The van der Waals surface area contributed by atoms with Crippen LogP contribution in [0.2, 0.25) is 0 Å². The van der Waals surface area contributed by atoms with Gasteiger partial charge in [-0.1, -0.05) is 36.4 Å². The van der Waals surface area contributed by atoms with Gasteiger partial charge < -0.3 is 10.1 Å². The van der Waals surface area contributed by atoms with E-state index in [2.05, 4.69) is 10.3 Å². The average Bonchev–Trinajstić information content (AvgIpc) is 2.72. The second kappa shape index (κ2) is 8.75. The van der Waals surface area contributed by atoms with Gasteiger partial charge >= 0.3 is 5.97 Å². The normalized spacial score (nSPS) is 11.9. The van der Waals surface area contributed by atoms with Crippen LogP contribution in [0.5, 0.6) is 0 Å². The second-order valence-corrected chi connectivity index (χ2v) is 6.10. The molecule has 3 aromatic rings. The Hall–Kier alpha value is -4.07. The third-order valence-corrected chi connectivity index (χ3v) is 4.08. The van der Waals surface area contributed by atoms with E-state index in [0.29, 0.717) is 0 Å². The molecule has 29 heavy (non-hydrogen) atoms. The largest absolute Gasteiger partial charge is 0.449 e. The predicted molar refractivity (Wildman–Crippen MR) is 108 cm³/mol. The van der Waals surface area contributed by atoms with E-state index >= 15 is 0 Å². The van der Waals surface area contributed by atoms with Crippen molar-refractivity contribution in [2.45, 2.75) is 13.0 Å². The van der Waals surface area contributed by atoms with Crippen molar-refractivity contribution in [1.29, 1.82) is 0 Å². The number of ether oxygens (including phenoxy) is 1. The van der Waals surface area contributed by atoms with Crippen LogP contribution in [0.3, 0.4) is 0 Å². The molecule has 0 spiro atoms. The maximum atomic E-state index is 12.2. The molecule has 0 fully saturated rings. The number of carbonyl (C=O) groups excluding carboxylic acids is 2. The summed E-state index contributed by atoms with van der Waals surface area (Å²) < 4.78 is 5.09. The molecule has 1 unspecified atom stereocenters. The molecule has 0 radical (unpaired) electrons. The Morgan fingerprint density at radius 1 is 1.14 bits per heavy atom. The number of hydrogen-bond acceptors (Lipinski definition) is 6. The highest BCUT2D eigenvalue weighted by molar-refractivity contribution is 5.98. The van der Waals surface area contributed by atoms with Crippen LogP contribution in [0.25, 0.3) is 17.0 Å². The molecule has 1 aromatic heterocycles. The molecule has 1 N–H and O–H groups in total. The van der Waals surface area contributed by atoms with Crippen LogP contribution >= 0.6 is 0 Å². The summed E-state index contributed by atoms with van der Waals surface area (Å²) in [4.78, 5) is 39.0. The highest BCUT2D eigenvalue weighted by atomic mass is 16.6. The van der Waals surface area contributed by atoms with Crippen molar-refractivity contribution in [3.8, 4) is 0 Å². The van der Waals surface area contributed by atoms with E-state index in [4.69, 9.17) is 4.74 Å². The van der Waals surface area contributed by atoms with Gasteiger partial charge in [0.15, 0.2) is 6.10 Å². The Kier molecular flexibility index (Phi) is 5.94. The number of fused-ring (bicyclic) bond motifs is 1. The third-order valence-electron chi connectivity index (χ3n) is 4.08. The number of rotatable bonds is 6. The fraction of sp³-hybridized carbons (Fsp3) is 0.0952. The zero-order valence-electron chi connectivity index (χ0n) is 15.4. The lowest BCUT2D eigenvalue weighted by Crippen LogP contribution is -2.29. The van der Waals surface area contributed by atoms with Gasteiger partial charge in [-0.3, -0.25) is 19.9 Å². The molecule has 0 aliphatic heterocycles. The van der Waals surface area contributed by atoms with E-state index in [-0.39, 0.29) is 11.4 Å². The number of pyridine rings is 1. The molecule has 1 amide bonds. The molecule has 1 heterocycles. The summed E-state index contributed by atoms with van der Waals surface area (Å²) in [5, 5.41) is 14.4. The van der Waals surface area contributed by atoms with Crippen LogP contribution in [-0.2, 0) is 14.3 Å². The Balaban J connectivity index is 1.65. The first kappa shape index (κ1) is 19.7. The lowest BCUT2D eigenvalue weighted by molar-refractivity contribution is -0.383. The molecule has 0 aliphatic carbocycles. The summed E-state index contributed by atoms with van der Waals surface area (Å²) in [5.74, 6) is -1.39. The van der Waals surface area contributed by atoms with Gasteiger partial charge in [-0.15, -0.1) is 0 Å². The minimum Gasteiger partial charge on any atom is -0.449 e. The summed E-state index contributed by atoms with van der Waals surface area (Å²) in [6.45, 7) is 1.38. The van der Waals surface area contributed by atoms with Gasteiger partial charge in [0.2, 0.25) is 0 Å². The van der Waals surface area contributed by atoms with E-state index in [1.165, 1.54) is 31.2 Å². The summed E-state index contributed by atoms with van der Waals surface area (Å²) in [5.41, 5.74) is 1.25. The summed E-state index contributed by atoms with van der Waals surface area (Å²) in [7, 11) is 0. The van der Waals surface area contributed by atoms with Gasteiger partial charge in [0.25, 0.3) is 11.6 Å². The van der Waals surface area contributed by atoms with Gasteiger partial charge in [-0.25, -0.2) is 4.79 Å². The number of para-hydroxylation sites is 3. The maximum Gasteiger partial charge on any atom is 0.331 e.